The van der Waals surface area contributed by atoms with Crippen LogP contribution in [-0.2, 0) is 16.1 Å². The Bertz CT molecular complexity index is 877. The lowest BCUT2D eigenvalue weighted by atomic mass is 9.95. The molecule has 2 N–H and O–H groups in total. The summed E-state index contributed by atoms with van der Waals surface area (Å²) in [5, 5.41) is 12.9. The van der Waals surface area contributed by atoms with Crippen molar-refractivity contribution in [1.29, 1.82) is 0 Å². The second-order valence-corrected chi connectivity index (χ2v) is 6.02. The number of carbonyl (C=O) groups excluding carboxylic acids is 2. The van der Waals surface area contributed by atoms with Crippen LogP contribution in [0.2, 0.25) is 0 Å². The summed E-state index contributed by atoms with van der Waals surface area (Å²) in [5.74, 6) is -0.420. The molecule has 0 unspecified atom stereocenters. The lowest BCUT2D eigenvalue weighted by Crippen LogP contribution is -2.16. The number of hydrogen-bond donors (Lipinski definition) is 2. The molecule has 27 heavy (non-hydrogen) atoms. The van der Waals surface area contributed by atoms with E-state index in [1.165, 1.54) is 13.2 Å². The van der Waals surface area contributed by atoms with Crippen molar-refractivity contribution in [3.63, 3.8) is 0 Å². The van der Waals surface area contributed by atoms with Crippen molar-refractivity contribution >= 4 is 11.9 Å². The molecular formula is C20H21NO6. The third-order valence-corrected chi connectivity index (χ3v) is 4.23. The minimum atomic E-state index is -0.511. The van der Waals surface area contributed by atoms with Crippen molar-refractivity contribution in [3.05, 3.63) is 41.5 Å². The van der Waals surface area contributed by atoms with Gasteiger partial charge in [0.1, 0.15) is 0 Å². The summed E-state index contributed by atoms with van der Waals surface area (Å²) in [6.07, 6.45) is 0.712. The molecule has 1 heterocycles. The van der Waals surface area contributed by atoms with Crippen molar-refractivity contribution in [2.75, 3.05) is 20.3 Å². The van der Waals surface area contributed by atoms with Crippen LogP contribution in [0.4, 0.5) is 0 Å². The number of ether oxygens (including phenoxy) is 3. The maximum atomic E-state index is 12.0. The van der Waals surface area contributed by atoms with Gasteiger partial charge in [0.25, 0.3) is 5.91 Å². The van der Waals surface area contributed by atoms with E-state index in [1.807, 2.05) is 13.0 Å². The summed E-state index contributed by atoms with van der Waals surface area (Å²) in [5.41, 5.74) is 2.80. The molecule has 1 aliphatic rings. The third-order valence-electron chi connectivity index (χ3n) is 4.23. The number of phenols is 1. The summed E-state index contributed by atoms with van der Waals surface area (Å²) in [6.45, 7) is 2.28. The monoisotopic (exact) mass is 371 g/mol. The van der Waals surface area contributed by atoms with Gasteiger partial charge >= 0.3 is 5.97 Å². The standard InChI is InChI=1S/C20H21NO6/c1-3-9-26-17(23)11-27-18-13(7-8-16(22)19(18)25-2)12-5-4-6-14-15(12)10-21-20(14)24/h4-8,22H,3,9-11H2,1-2H3,(H,21,24). The van der Waals surface area contributed by atoms with Crippen molar-refractivity contribution in [2.24, 2.45) is 0 Å². The number of esters is 1. The van der Waals surface area contributed by atoms with Crippen LogP contribution in [0.25, 0.3) is 11.1 Å². The van der Waals surface area contributed by atoms with Gasteiger partial charge in [-0.25, -0.2) is 4.79 Å². The van der Waals surface area contributed by atoms with Gasteiger partial charge in [0, 0.05) is 17.7 Å². The number of rotatable bonds is 7. The smallest absolute Gasteiger partial charge is 0.344 e. The van der Waals surface area contributed by atoms with Gasteiger partial charge in [-0.1, -0.05) is 19.1 Å². The van der Waals surface area contributed by atoms with Crippen molar-refractivity contribution in [1.82, 2.24) is 5.32 Å². The molecule has 0 fully saturated rings. The molecule has 7 nitrogen and oxygen atoms in total. The Balaban J connectivity index is 2.01. The summed E-state index contributed by atoms with van der Waals surface area (Å²) < 4.78 is 16.0. The maximum Gasteiger partial charge on any atom is 0.344 e. The molecule has 0 radical (unpaired) electrons. The Morgan fingerprint density at radius 3 is 2.67 bits per heavy atom. The first-order valence-corrected chi connectivity index (χ1v) is 8.65. The quantitative estimate of drug-likeness (QED) is 0.727. The lowest BCUT2D eigenvalue weighted by molar-refractivity contribution is -0.146. The largest absolute Gasteiger partial charge is 0.504 e. The SMILES string of the molecule is CCCOC(=O)COc1c(-c2cccc3c2CNC3=O)ccc(O)c1OC. The molecule has 3 rings (SSSR count). The van der Waals surface area contributed by atoms with Gasteiger partial charge in [-0.15, -0.1) is 0 Å². The average molecular weight is 371 g/mol. The predicted molar refractivity (Wildman–Crippen MR) is 98.0 cm³/mol. The van der Waals surface area contributed by atoms with Crippen LogP contribution in [0, 0.1) is 0 Å². The Labute approximate surface area is 156 Å². The number of amides is 1. The van der Waals surface area contributed by atoms with Gasteiger partial charge in [-0.3, -0.25) is 4.79 Å². The number of benzene rings is 2. The number of methoxy groups -OCH3 is 1. The van der Waals surface area contributed by atoms with Crippen molar-refractivity contribution in [3.8, 4) is 28.4 Å². The average Bonchev–Trinajstić information content (AvgIpc) is 3.06. The van der Waals surface area contributed by atoms with Crippen LogP contribution in [0.5, 0.6) is 17.2 Å². The van der Waals surface area contributed by atoms with Crippen LogP contribution >= 0.6 is 0 Å². The molecule has 0 spiro atoms. The predicted octanol–water partition coefficient (Wildman–Crippen LogP) is 2.64. The van der Waals surface area contributed by atoms with E-state index < -0.39 is 5.97 Å². The summed E-state index contributed by atoms with van der Waals surface area (Å²) in [4.78, 5) is 23.8. The molecule has 0 saturated carbocycles. The summed E-state index contributed by atoms with van der Waals surface area (Å²) in [7, 11) is 1.40. The number of aromatic hydroxyl groups is 1. The Hall–Kier alpha value is -3.22. The topological polar surface area (TPSA) is 94.1 Å². The molecule has 0 saturated heterocycles. The molecular weight excluding hydrogens is 350 g/mol. The fourth-order valence-corrected chi connectivity index (χ4v) is 3.00. The molecule has 1 aliphatic heterocycles. The molecule has 2 aromatic carbocycles. The van der Waals surface area contributed by atoms with Crippen LogP contribution < -0.4 is 14.8 Å². The lowest BCUT2D eigenvalue weighted by Gasteiger charge is -2.17. The molecule has 0 bridgehead atoms. The first-order chi connectivity index (χ1) is 13.1. The van der Waals surface area contributed by atoms with Crippen LogP contribution in [0.15, 0.2) is 30.3 Å². The van der Waals surface area contributed by atoms with Gasteiger partial charge in [0.2, 0.25) is 5.75 Å². The normalized spacial score (nSPS) is 12.3. The minimum absolute atomic E-state index is 0.111. The zero-order valence-corrected chi connectivity index (χ0v) is 15.2. The van der Waals surface area contributed by atoms with Crippen LogP contribution in [-0.4, -0.2) is 37.3 Å². The molecule has 0 aromatic heterocycles. The van der Waals surface area contributed by atoms with Crippen molar-refractivity contribution in [2.45, 2.75) is 19.9 Å². The van der Waals surface area contributed by atoms with E-state index in [4.69, 9.17) is 14.2 Å². The van der Waals surface area contributed by atoms with E-state index in [9.17, 15) is 14.7 Å². The fourth-order valence-electron chi connectivity index (χ4n) is 3.00. The molecule has 0 atom stereocenters. The second kappa shape index (κ2) is 7.99. The number of carbonyl (C=O) groups is 2. The second-order valence-electron chi connectivity index (χ2n) is 6.02. The Kier molecular flexibility index (Phi) is 5.49. The maximum absolute atomic E-state index is 12.0. The number of phenolic OH excluding ortho intramolecular Hbond substituents is 1. The van der Waals surface area contributed by atoms with Crippen molar-refractivity contribution < 1.29 is 28.9 Å². The van der Waals surface area contributed by atoms with Crippen LogP contribution in [0.3, 0.4) is 0 Å². The minimum Gasteiger partial charge on any atom is -0.504 e. The number of hydrogen-bond acceptors (Lipinski definition) is 6. The molecule has 1 amide bonds. The van der Waals surface area contributed by atoms with Gasteiger partial charge in [-0.2, -0.15) is 0 Å². The first-order valence-electron chi connectivity index (χ1n) is 8.65. The van der Waals surface area contributed by atoms with E-state index in [0.29, 0.717) is 30.7 Å². The van der Waals surface area contributed by atoms with E-state index >= 15 is 0 Å². The summed E-state index contributed by atoms with van der Waals surface area (Å²) in [6, 6.07) is 8.54. The highest BCUT2D eigenvalue weighted by molar-refractivity contribution is 6.01. The van der Waals surface area contributed by atoms with E-state index in [0.717, 1.165) is 11.1 Å². The van der Waals surface area contributed by atoms with Gasteiger partial charge in [0.05, 0.1) is 13.7 Å². The van der Waals surface area contributed by atoms with Crippen LogP contribution in [0.1, 0.15) is 29.3 Å². The molecule has 142 valence electrons. The zero-order valence-electron chi connectivity index (χ0n) is 15.2. The third kappa shape index (κ3) is 3.67. The van der Waals surface area contributed by atoms with E-state index in [2.05, 4.69) is 5.32 Å². The number of nitrogens with one attached hydrogen (secondary N) is 1. The summed E-state index contributed by atoms with van der Waals surface area (Å²) >= 11 is 0. The Morgan fingerprint density at radius 1 is 1.15 bits per heavy atom. The molecule has 0 aliphatic carbocycles. The number of fused-ring (bicyclic) bond motifs is 1. The highest BCUT2D eigenvalue weighted by atomic mass is 16.6. The zero-order chi connectivity index (χ0) is 19.4. The fraction of sp³-hybridized carbons (Fsp3) is 0.300. The van der Waals surface area contributed by atoms with Gasteiger partial charge in [0.15, 0.2) is 18.1 Å². The molecule has 7 heteroatoms. The van der Waals surface area contributed by atoms with Gasteiger partial charge < -0.3 is 24.6 Å². The highest BCUT2D eigenvalue weighted by Gasteiger charge is 2.25. The van der Waals surface area contributed by atoms with Gasteiger partial charge in [-0.05, 0) is 35.7 Å². The van der Waals surface area contributed by atoms with E-state index in [1.54, 1.807) is 18.2 Å². The van der Waals surface area contributed by atoms with E-state index in [-0.39, 0.29) is 29.8 Å². The Morgan fingerprint density at radius 2 is 1.93 bits per heavy atom. The molecule has 2 aromatic rings. The first kappa shape index (κ1) is 18.6. The highest BCUT2D eigenvalue weighted by Crippen LogP contribution is 2.45.